The van der Waals surface area contributed by atoms with Crippen LogP contribution >= 0.6 is 0 Å². The maximum atomic E-state index is 12.1. The molecule has 48 heavy (non-hydrogen) atoms. The second-order valence-electron chi connectivity index (χ2n) is 10.5. The number of hydrogen-bond donors (Lipinski definition) is 2. The molecule has 0 radical (unpaired) electrons. The summed E-state index contributed by atoms with van der Waals surface area (Å²) < 4.78 is 75.5. The summed E-state index contributed by atoms with van der Waals surface area (Å²) in [4.78, 5) is 10.7. The molecule has 0 aliphatic rings. The lowest BCUT2D eigenvalue weighted by molar-refractivity contribution is -0.173. The van der Waals surface area contributed by atoms with Crippen LogP contribution in [-0.2, 0) is 34.1 Å². The number of halogens is 3. The molecule has 0 aliphatic carbocycles. The molecule has 2 N–H and O–H groups in total. The molecule has 1 amide bonds. The van der Waals surface area contributed by atoms with Crippen LogP contribution in [0.15, 0.2) is 78.9 Å². The van der Waals surface area contributed by atoms with Crippen molar-refractivity contribution in [2.24, 2.45) is 0 Å². The van der Waals surface area contributed by atoms with Gasteiger partial charge in [-0.1, -0.05) is 54.6 Å². The first-order chi connectivity index (χ1) is 23.2. The highest BCUT2D eigenvalue weighted by Crippen LogP contribution is 2.41. The van der Waals surface area contributed by atoms with Gasteiger partial charge in [0.2, 0.25) is 0 Å². The Bertz CT molecular complexity index is 1260. The molecule has 1 unspecified atom stereocenters. The molecule has 3 aromatic rings. The van der Waals surface area contributed by atoms with Crippen molar-refractivity contribution >= 4 is 5.91 Å². The van der Waals surface area contributed by atoms with Gasteiger partial charge in [-0.15, -0.1) is 0 Å². The largest absolute Gasteiger partial charge is 0.497 e. The quantitative estimate of drug-likeness (QED) is 0.110. The molecule has 0 saturated carbocycles. The summed E-state index contributed by atoms with van der Waals surface area (Å²) in [6, 6.07) is 25.1. The molecule has 0 aliphatic heterocycles. The number of rotatable bonds is 23. The number of amides is 1. The van der Waals surface area contributed by atoms with E-state index < -0.39 is 23.8 Å². The zero-order valence-corrected chi connectivity index (χ0v) is 27.2. The molecule has 0 heterocycles. The number of benzene rings is 3. The number of carbonyl (C=O) groups is 1. The molecule has 13 heteroatoms. The van der Waals surface area contributed by atoms with Gasteiger partial charge in [0.15, 0.2) is 0 Å². The van der Waals surface area contributed by atoms with Gasteiger partial charge in [0.1, 0.15) is 23.2 Å². The first kappa shape index (κ1) is 38.7. The number of aliphatic hydroxyl groups is 1. The van der Waals surface area contributed by atoms with Gasteiger partial charge in [-0.2, -0.15) is 13.2 Å². The van der Waals surface area contributed by atoms with Crippen molar-refractivity contribution in [1.29, 1.82) is 0 Å². The Labute approximate surface area is 279 Å². The summed E-state index contributed by atoms with van der Waals surface area (Å²) >= 11 is 0. The molecule has 0 aromatic heterocycles. The Morgan fingerprint density at radius 1 is 0.667 bits per heavy atom. The van der Waals surface area contributed by atoms with Crippen LogP contribution in [0.1, 0.15) is 23.1 Å². The van der Waals surface area contributed by atoms with Crippen LogP contribution in [0.2, 0.25) is 0 Å². The van der Waals surface area contributed by atoms with Gasteiger partial charge in [-0.3, -0.25) is 4.79 Å². The van der Waals surface area contributed by atoms with Crippen LogP contribution in [0.4, 0.5) is 13.2 Å². The Balaban J connectivity index is 1.40. The molecule has 0 spiro atoms. The molecule has 0 fully saturated rings. The number of hydrogen-bond acceptors (Lipinski definition) is 9. The Hall–Kier alpha value is -3.72. The Morgan fingerprint density at radius 3 is 1.60 bits per heavy atom. The predicted octanol–water partition coefficient (Wildman–Crippen LogP) is 4.51. The molecule has 3 rings (SSSR count). The Morgan fingerprint density at radius 2 is 1.12 bits per heavy atom. The number of nitrogens with one attached hydrogen (secondary N) is 1. The average molecular weight is 680 g/mol. The van der Waals surface area contributed by atoms with E-state index in [9.17, 15) is 23.1 Å². The van der Waals surface area contributed by atoms with E-state index in [4.69, 9.17) is 33.2 Å². The molecule has 0 saturated heterocycles. The lowest BCUT2D eigenvalue weighted by atomic mass is 9.80. The third kappa shape index (κ3) is 12.4. The molecule has 10 nitrogen and oxygen atoms in total. The van der Waals surface area contributed by atoms with E-state index >= 15 is 0 Å². The number of ether oxygens (including phenoxy) is 7. The predicted molar refractivity (Wildman–Crippen MR) is 171 cm³/mol. The van der Waals surface area contributed by atoms with Crippen molar-refractivity contribution in [1.82, 2.24) is 5.32 Å². The van der Waals surface area contributed by atoms with E-state index in [1.165, 1.54) is 0 Å². The first-order valence-electron chi connectivity index (χ1n) is 15.5. The maximum absolute atomic E-state index is 12.1. The maximum Gasteiger partial charge on any atom is 0.471 e. The van der Waals surface area contributed by atoms with E-state index in [-0.39, 0.29) is 46.0 Å². The number of methoxy groups -OCH3 is 2. The van der Waals surface area contributed by atoms with Crippen molar-refractivity contribution in [3.8, 4) is 11.5 Å². The minimum absolute atomic E-state index is 0.0219. The summed E-state index contributed by atoms with van der Waals surface area (Å²) in [5, 5.41) is 12.6. The van der Waals surface area contributed by atoms with Gasteiger partial charge < -0.3 is 43.6 Å². The zero-order valence-electron chi connectivity index (χ0n) is 27.2. The average Bonchev–Trinajstić information content (AvgIpc) is 3.10. The smallest absolute Gasteiger partial charge is 0.471 e. The van der Waals surface area contributed by atoms with E-state index in [0.717, 1.165) is 16.7 Å². The second kappa shape index (κ2) is 20.6. The Kier molecular flexibility index (Phi) is 16.6. The van der Waals surface area contributed by atoms with Gasteiger partial charge >= 0.3 is 12.1 Å². The van der Waals surface area contributed by atoms with Crippen molar-refractivity contribution in [2.75, 3.05) is 80.2 Å². The highest BCUT2D eigenvalue weighted by atomic mass is 19.4. The van der Waals surface area contributed by atoms with Gasteiger partial charge in [0, 0.05) is 13.2 Å². The van der Waals surface area contributed by atoms with Crippen molar-refractivity contribution in [3.05, 3.63) is 95.6 Å². The monoisotopic (exact) mass is 679 g/mol. The van der Waals surface area contributed by atoms with Gasteiger partial charge in [0.25, 0.3) is 0 Å². The lowest BCUT2D eigenvalue weighted by Gasteiger charge is -2.36. The minimum atomic E-state index is -4.88. The topological polar surface area (TPSA) is 114 Å². The van der Waals surface area contributed by atoms with Crippen LogP contribution in [0.3, 0.4) is 0 Å². The van der Waals surface area contributed by atoms with E-state index in [2.05, 4.69) is 0 Å². The van der Waals surface area contributed by atoms with Crippen molar-refractivity contribution in [2.45, 2.75) is 24.3 Å². The second-order valence-corrected chi connectivity index (χ2v) is 10.5. The number of aliphatic hydroxyl groups excluding tert-OH is 1. The lowest BCUT2D eigenvalue weighted by Crippen LogP contribution is -2.37. The van der Waals surface area contributed by atoms with Crippen LogP contribution in [0, 0.1) is 0 Å². The molecule has 1 atom stereocenters. The number of alkyl halides is 3. The minimum Gasteiger partial charge on any atom is -0.497 e. The molecule has 0 bridgehead atoms. The van der Waals surface area contributed by atoms with E-state index in [0.29, 0.717) is 37.9 Å². The van der Waals surface area contributed by atoms with E-state index in [1.807, 2.05) is 78.9 Å². The summed E-state index contributed by atoms with van der Waals surface area (Å²) in [6.45, 7) is 1.83. The third-order valence-corrected chi connectivity index (χ3v) is 7.10. The van der Waals surface area contributed by atoms with Gasteiger partial charge in [-0.25, -0.2) is 0 Å². The van der Waals surface area contributed by atoms with E-state index in [1.54, 1.807) is 19.5 Å². The number of carbonyl (C=O) groups excluding carboxylic acids is 1. The summed E-state index contributed by atoms with van der Waals surface area (Å²) in [5.74, 6) is -0.545. The van der Waals surface area contributed by atoms with Gasteiger partial charge in [-0.05, 0) is 47.4 Å². The van der Waals surface area contributed by atoms with Crippen LogP contribution in [-0.4, -0.2) is 104 Å². The van der Waals surface area contributed by atoms with Gasteiger partial charge in [0.05, 0.1) is 67.1 Å². The highest BCUT2D eigenvalue weighted by Gasteiger charge is 2.39. The first-order valence-corrected chi connectivity index (χ1v) is 15.5. The SMILES string of the molecule is COc1ccc(C(OCC(O)COCCOCCOCCOCCCNC(=O)C(F)(F)F)(c2ccccc2)c2ccc(OC)cc2)cc1. The van der Waals surface area contributed by atoms with Crippen molar-refractivity contribution < 1.29 is 56.2 Å². The summed E-state index contributed by atoms with van der Waals surface area (Å²) in [5.41, 5.74) is 1.53. The molecule has 3 aromatic carbocycles. The summed E-state index contributed by atoms with van der Waals surface area (Å²) in [7, 11) is 3.22. The van der Waals surface area contributed by atoms with Crippen LogP contribution < -0.4 is 14.8 Å². The highest BCUT2D eigenvalue weighted by molar-refractivity contribution is 5.81. The molecular weight excluding hydrogens is 635 g/mol. The normalized spacial score (nSPS) is 12.5. The van der Waals surface area contributed by atoms with Crippen LogP contribution in [0.25, 0.3) is 0 Å². The fourth-order valence-electron chi connectivity index (χ4n) is 4.70. The fourth-order valence-corrected chi connectivity index (χ4v) is 4.70. The molecule has 264 valence electrons. The standard InChI is InChI=1S/C35H44F3NO9/c1-42-31-13-9-28(10-14-31)34(27-7-4-3-5-8-27,29-11-15-32(43-2)16-12-29)48-26-30(40)25-47-24-23-46-22-21-45-20-19-44-18-6-17-39-33(41)35(36,37)38/h3-5,7-16,30,40H,6,17-26H2,1-2H3,(H,39,41). The fraction of sp³-hybridized carbons (Fsp3) is 0.457. The third-order valence-electron chi connectivity index (χ3n) is 7.10. The van der Waals surface area contributed by atoms with Crippen LogP contribution in [0.5, 0.6) is 11.5 Å². The summed E-state index contributed by atoms with van der Waals surface area (Å²) in [6.07, 6.45) is -5.55. The molecular formula is C35H44F3NO9. The zero-order chi connectivity index (χ0) is 34.7. The van der Waals surface area contributed by atoms with Crippen molar-refractivity contribution in [3.63, 3.8) is 0 Å².